The van der Waals surface area contributed by atoms with Gasteiger partial charge in [0.25, 0.3) is 0 Å². The number of nitrogens with zero attached hydrogens (tertiary/aromatic N) is 1. The minimum Gasteiger partial charge on any atom is -0.369 e. The molecule has 0 N–H and O–H groups in total. The van der Waals surface area contributed by atoms with Crippen molar-refractivity contribution in [1.29, 1.82) is 0 Å². The van der Waals surface area contributed by atoms with Crippen LogP contribution in [0.4, 0.5) is 4.39 Å². The summed E-state index contributed by atoms with van der Waals surface area (Å²) in [6.45, 7) is 1.27. The smallest absolute Gasteiger partial charge is 0.155 e. The molecule has 1 atom stereocenters. The zero-order chi connectivity index (χ0) is 6.69. The van der Waals surface area contributed by atoms with E-state index >= 15 is 0 Å². The van der Waals surface area contributed by atoms with E-state index in [4.69, 9.17) is 4.74 Å². The van der Waals surface area contributed by atoms with Crippen LogP contribution in [0.15, 0.2) is 0 Å². The fourth-order valence-electron chi connectivity index (χ4n) is 1.10. The summed E-state index contributed by atoms with van der Waals surface area (Å²) >= 11 is 0. The minimum atomic E-state index is -0.759. The Morgan fingerprint density at radius 2 is 2.40 bits per heavy atom. The van der Waals surface area contributed by atoms with Gasteiger partial charge in [-0.05, 0) is 12.8 Å². The van der Waals surface area contributed by atoms with Crippen LogP contribution < -0.4 is 0 Å². The van der Waals surface area contributed by atoms with Crippen LogP contribution in [0.5, 0.6) is 0 Å². The molecule has 62 valence electrons. The molecular weight excluding hydrogens is 157 g/mol. The molecule has 0 bridgehead atoms. The summed E-state index contributed by atoms with van der Waals surface area (Å²) in [5.41, 5.74) is 0. The molecule has 1 unspecified atom stereocenters. The predicted octanol–water partition coefficient (Wildman–Crippen LogP) is 1.40. The van der Waals surface area contributed by atoms with Gasteiger partial charge in [-0.15, -0.1) is 12.4 Å². The fraction of sp³-hybridized carbons (Fsp3) is 1.00. The molecule has 1 heterocycles. The lowest BCUT2D eigenvalue weighted by molar-refractivity contribution is 0.0115. The molecule has 0 aromatic carbocycles. The van der Waals surface area contributed by atoms with Crippen LogP contribution in [-0.2, 0) is 4.74 Å². The Morgan fingerprint density at radius 3 is 2.80 bits per heavy atom. The van der Waals surface area contributed by atoms with Gasteiger partial charge >= 0.3 is 0 Å². The number of halogens is 2. The topological polar surface area (TPSA) is 12.5 Å². The molecule has 0 radical (unpaired) electrons. The molecule has 1 rings (SSSR count). The first kappa shape index (κ1) is 10.1. The van der Waals surface area contributed by atoms with E-state index in [0.29, 0.717) is 13.2 Å². The summed E-state index contributed by atoms with van der Waals surface area (Å²) < 4.78 is 17.4. The Labute approximate surface area is 66.8 Å². The van der Waals surface area contributed by atoms with Crippen molar-refractivity contribution < 1.29 is 9.13 Å². The molecule has 0 aromatic rings. The molecular formula is C6H13ClFNO. The number of likely N-dealkylation sites (tertiary alicyclic amines) is 1. The van der Waals surface area contributed by atoms with Gasteiger partial charge in [0.15, 0.2) is 6.30 Å². The third kappa shape index (κ3) is 2.40. The van der Waals surface area contributed by atoms with Crippen molar-refractivity contribution in [3.63, 3.8) is 0 Å². The Bertz CT molecular complexity index is 93.8. The predicted molar refractivity (Wildman–Crippen MR) is 40.0 cm³/mol. The minimum absolute atomic E-state index is 0. The molecule has 1 aliphatic rings. The van der Waals surface area contributed by atoms with Crippen LogP contribution in [0.25, 0.3) is 0 Å². The standard InChI is InChI=1S/C6H12FNO.ClH/c1-9-5-8-4-2-3-6(8)7;/h6H,2-5H2,1H3;1H. The van der Waals surface area contributed by atoms with Gasteiger partial charge in [-0.2, -0.15) is 0 Å². The number of hydrogen-bond acceptors (Lipinski definition) is 2. The molecule has 0 amide bonds. The maximum absolute atomic E-state index is 12.6. The number of hydrogen-bond donors (Lipinski definition) is 0. The molecule has 10 heavy (non-hydrogen) atoms. The highest BCUT2D eigenvalue weighted by Gasteiger charge is 2.22. The SMILES string of the molecule is COCN1CCCC1F.Cl. The van der Waals surface area contributed by atoms with Gasteiger partial charge in [0.2, 0.25) is 0 Å². The van der Waals surface area contributed by atoms with Gasteiger partial charge in [-0.25, -0.2) is 4.39 Å². The number of alkyl halides is 1. The Hall–Kier alpha value is 0.140. The molecule has 2 nitrogen and oxygen atoms in total. The molecule has 1 fully saturated rings. The van der Waals surface area contributed by atoms with Gasteiger partial charge in [0.05, 0.1) is 0 Å². The normalized spacial score (nSPS) is 26.4. The van der Waals surface area contributed by atoms with E-state index in [-0.39, 0.29) is 12.4 Å². The Balaban J connectivity index is 0.000000810. The van der Waals surface area contributed by atoms with E-state index in [1.165, 1.54) is 0 Å². The van der Waals surface area contributed by atoms with Gasteiger partial charge in [-0.1, -0.05) is 0 Å². The van der Waals surface area contributed by atoms with E-state index < -0.39 is 6.30 Å². The van der Waals surface area contributed by atoms with Gasteiger partial charge in [0.1, 0.15) is 6.73 Å². The van der Waals surface area contributed by atoms with Crippen molar-refractivity contribution in [2.75, 3.05) is 20.4 Å². The first-order chi connectivity index (χ1) is 4.34. The van der Waals surface area contributed by atoms with Gasteiger partial charge < -0.3 is 4.74 Å². The number of methoxy groups -OCH3 is 1. The Morgan fingerprint density at radius 1 is 1.70 bits per heavy atom. The molecule has 0 saturated carbocycles. The summed E-state index contributed by atoms with van der Waals surface area (Å²) in [4.78, 5) is 1.69. The molecule has 1 aliphatic heterocycles. The lowest BCUT2D eigenvalue weighted by atomic mass is 10.4. The van der Waals surface area contributed by atoms with Crippen LogP contribution in [-0.4, -0.2) is 31.6 Å². The Kier molecular flexibility index (Phi) is 4.95. The van der Waals surface area contributed by atoms with Crippen molar-refractivity contribution in [2.45, 2.75) is 19.1 Å². The largest absolute Gasteiger partial charge is 0.369 e. The lowest BCUT2D eigenvalue weighted by Crippen LogP contribution is -2.27. The molecule has 0 aliphatic carbocycles. The average molecular weight is 170 g/mol. The summed E-state index contributed by atoms with van der Waals surface area (Å²) in [7, 11) is 1.59. The van der Waals surface area contributed by atoms with Crippen LogP contribution in [0.3, 0.4) is 0 Å². The van der Waals surface area contributed by atoms with Crippen molar-refractivity contribution in [2.24, 2.45) is 0 Å². The number of rotatable bonds is 2. The summed E-state index contributed by atoms with van der Waals surface area (Å²) in [5.74, 6) is 0. The monoisotopic (exact) mass is 169 g/mol. The summed E-state index contributed by atoms with van der Waals surface area (Å²) in [6.07, 6.45) is 0.874. The molecule has 0 spiro atoms. The third-order valence-corrected chi connectivity index (χ3v) is 1.58. The highest BCUT2D eigenvalue weighted by Crippen LogP contribution is 2.16. The quantitative estimate of drug-likeness (QED) is 0.580. The first-order valence-corrected chi connectivity index (χ1v) is 3.21. The maximum Gasteiger partial charge on any atom is 0.155 e. The van der Waals surface area contributed by atoms with Crippen LogP contribution in [0, 0.1) is 0 Å². The number of ether oxygens (including phenoxy) is 1. The van der Waals surface area contributed by atoms with Gasteiger partial charge in [-0.3, -0.25) is 4.90 Å². The highest BCUT2D eigenvalue weighted by atomic mass is 35.5. The maximum atomic E-state index is 12.6. The first-order valence-electron chi connectivity index (χ1n) is 3.21. The highest BCUT2D eigenvalue weighted by molar-refractivity contribution is 5.85. The van der Waals surface area contributed by atoms with E-state index in [9.17, 15) is 4.39 Å². The molecule has 1 saturated heterocycles. The van der Waals surface area contributed by atoms with Crippen LogP contribution in [0.1, 0.15) is 12.8 Å². The average Bonchev–Trinajstić information content (AvgIpc) is 2.18. The summed E-state index contributed by atoms with van der Waals surface area (Å²) in [5, 5.41) is 0. The molecule has 0 aromatic heterocycles. The van der Waals surface area contributed by atoms with Crippen molar-refractivity contribution in [3.05, 3.63) is 0 Å². The third-order valence-electron chi connectivity index (χ3n) is 1.58. The zero-order valence-corrected chi connectivity index (χ0v) is 6.86. The molecule has 4 heteroatoms. The van der Waals surface area contributed by atoms with Crippen LogP contribution in [0.2, 0.25) is 0 Å². The second-order valence-electron chi connectivity index (χ2n) is 2.31. The van der Waals surface area contributed by atoms with Crippen molar-refractivity contribution in [3.8, 4) is 0 Å². The summed E-state index contributed by atoms with van der Waals surface area (Å²) in [6, 6.07) is 0. The second kappa shape index (κ2) is 4.88. The van der Waals surface area contributed by atoms with Crippen molar-refractivity contribution in [1.82, 2.24) is 4.90 Å². The van der Waals surface area contributed by atoms with Crippen molar-refractivity contribution >= 4 is 12.4 Å². The fourth-order valence-corrected chi connectivity index (χ4v) is 1.10. The van der Waals surface area contributed by atoms with E-state index in [1.807, 2.05) is 0 Å². The van der Waals surface area contributed by atoms with E-state index in [1.54, 1.807) is 12.0 Å². The van der Waals surface area contributed by atoms with Crippen LogP contribution >= 0.6 is 12.4 Å². The zero-order valence-electron chi connectivity index (χ0n) is 6.05. The van der Waals surface area contributed by atoms with Gasteiger partial charge in [0, 0.05) is 13.7 Å². The van der Waals surface area contributed by atoms with E-state index in [0.717, 1.165) is 13.0 Å². The lowest BCUT2D eigenvalue weighted by Gasteiger charge is -2.15. The van der Waals surface area contributed by atoms with E-state index in [2.05, 4.69) is 0 Å². The second-order valence-corrected chi connectivity index (χ2v) is 2.31.